The average Bonchev–Trinajstić information content (AvgIpc) is 2.16. The Kier molecular flexibility index (Phi) is 3.09. The summed E-state index contributed by atoms with van der Waals surface area (Å²) in [4.78, 5) is 17.8. The minimum absolute atomic E-state index is 0.00386. The second kappa shape index (κ2) is 3.81. The highest BCUT2D eigenvalue weighted by molar-refractivity contribution is 7.52. The van der Waals surface area contributed by atoms with Crippen LogP contribution in [0.4, 0.5) is 0 Å². The number of benzene rings is 1. The lowest BCUT2D eigenvalue weighted by molar-refractivity contribution is 0.0301. The number of aliphatic hydroxyl groups excluding tert-OH is 1. The molecular weight excluding hydrogens is 207 g/mol. The first kappa shape index (κ1) is 11.4. The Morgan fingerprint density at radius 2 is 1.71 bits per heavy atom. The predicted octanol–water partition coefficient (Wildman–Crippen LogP) is 0.00170. The van der Waals surface area contributed by atoms with Gasteiger partial charge in [0.15, 0.2) is 0 Å². The Morgan fingerprint density at radius 1 is 1.21 bits per heavy atom. The predicted molar refractivity (Wildman–Crippen MR) is 49.5 cm³/mol. The molecule has 1 unspecified atom stereocenters. The Labute approximate surface area is 80.8 Å². The zero-order chi connectivity index (χ0) is 10.8. The van der Waals surface area contributed by atoms with Crippen LogP contribution in [0.25, 0.3) is 0 Å². The summed E-state index contributed by atoms with van der Waals surface area (Å²) in [7, 11) is -4.80. The van der Waals surface area contributed by atoms with Gasteiger partial charge in [0.05, 0.1) is 6.61 Å². The van der Waals surface area contributed by atoms with Crippen LogP contribution in [0.2, 0.25) is 0 Å². The topological polar surface area (TPSA) is 98.0 Å². The molecule has 1 rings (SSSR count). The van der Waals surface area contributed by atoms with Gasteiger partial charge in [0.25, 0.3) is 0 Å². The molecule has 78 valence electrons. The highest BCUT2D eigenvalue weighted by Gasteiger charge is 2.46. The van der Waals surface area contributed by atoms with E-state index in [1.54, 1.807) is 6.07 Å². The van der Waals surface area contributed by atoms with Gasteiger partial charge in [-0.05, 0) is 5.56 Å². The zero-order valence-corrected chi connectivity index (χ0v) is 8.13. The molecule has 0 fully saturated rings. The summed E-state index contributed by atoms with van der Waals surface area (Å²) in [6.45, 7) is -1.03. The summed E-state index contributed by atoms with van der Waals surface area (Å²) in [6, 6.07) is 7.36. The van der Waals surface area contributed by atoms with Crippen molar-refractivity contribution in [3.05, 3.63) is 35.9 Å². The van der Waals surface area contributed by atoms with Crippen LogP contribution in [0, 0.1) is 0 Å². The molecule has 5 nitrogen and oxygen atoms in total. The van der Waals surface area contributed by atoms with Crippen LogP contribution < -0.4 is 0 Å². The van der Waals surface area contributed by atoms with Crippen LogP contribution >= 0.6 is 7.60 Å². The van der Waals surface area contributed by atoms with Gasteiger partial charge in [-0.1, -0.05) is 30.3 Å². The van der Waals surface area contributed by atoms with Gasteiger partial charge in [-0.3, -0.25) is 4.57 Å². The van der Waals surface area contributed by atoms with Crippen molar-refractivity contribution in [1.29, 1.82) is 0 Å². The van der Waals surface area contributed by atoms with E-state index in [2.05, 4.69) is 0 Å². The molecular formula is C8H11O5P. The first-order valence-corrected chi connectivity index (χ1v) is 5.47. The molecule has 0 aliphatic rings. The summed E-state index contributed by atoms with van der Waals surface area (Å²) in [5, 5.41) is 15.9. The molecule has 1 aromatic carbocycles. The molecule has 1 aromatic rings. The third kappa shape index (κ3) is 1.87. The van der Waals surface area contributed by atoms with E-state index in [-0.39, 0.29) is 5.56 Å². The summed E-state index contributed by atoms with van der Waals surface area (Å²) in [6.07, 6.45) is 0. The van der Waals surface area contributed by atoms with Gasteiger partial charge in [-0.2, -0.15) is 0 Å². The maximum absolute atomic E-state index is 11.0. The van der Waals surface area contributed by atoms with Gasteiger partial charge in [0, 0.05) is 0 Å². The molecule has 1 atom stereocenters. The van der Waals surface area contributed by atoms with Gasteiger partial charge < -0.3 is 20.0 Å². The van der Waals surface area contributed by atoms with Gasteiger partial charge in [0.2, 0.25) is 5.34 Å². The Hall–Kier alpha value is -0.710. The van der Waals surface area contributed by atoms with E-state index in [0.717, 1.165) is 0 Å². The second-order valence-corrected chi connectivity index (χ2v) is 4.71. The minimum atomic E-state index is -4.80. The highest BCUT2D eigenvalue weighted by atomic mass is 31.2. The van der Waals surface area contributed by atoms with E-state index in [0.29, 0.717) is 0 Å². The molecule has 14 heavy (non-hydrogen) atoms. The van der Waals surface area contributed by atoms with Gasteiger partial charge in [-0.15, -0.1) is 0 Å². The van der Waals surface area contributed by atoms with Gasteiger partial charge >= 0.3 is 7.60 Å². The van der Waals surface area contributed by atoms with Crippen LogP contribution in [0.15, 0.2) is 30.3 Å². The van der Waals surface area contributed by atoms with Crippen molar-refractivity contribution in [2.75, 3.05) is 6.61 Å². The fourth-order valence-electron chi connectivity index (χ4n) is 1.06. The quantitative estimate of drug-likeness (QED) is 0.535. The monoisotopic (exact) mass is 218 g/mol. The zero-order valence-electron chi connectivity index (χ0n) is 7.24. The van der Waals surface area contributed by atoms with Crippen molar-refractivity contribution in [2.45, 2.75) is 5.34 Å². The molecule has 6 heteroatoms. The van der Waals surface area contributed by atoms with Crippen molar-refractivity contribution >= 4 is 7.60 Å². The maximum Gasteiger partial charge on any atom is 0.363 e. The molecule has 0 saturated heterocycles. The van der Waals surface area contributed by atoms with Crippen molar-refractivity contribution in [3.63, 3.8) is 0 Å². The van der Waals surface area contributed by atoms with E-state index in [1.807, 2.05) is 0 Å². The lowest BCUT2D eigenvalue weighted by Gasteiger charge is -2.26. The smallest absolute Gasteiger partial charge is 0.363 e. The molecule has 0 aliphatic carbocycles. The Morgan fingerprint density at radius 3 is 2.07 bits per heavy atom. The summed E-state index contributed by atoms with van der Waals surface area (Å²) in [5.41, 5.74) is -0.00386. The van der Waals surface area contributed by atoms with Gasteiger partial charge in [0.1, 0.15) is 0 Å². The standard InChI is InChI=1S/C8H11O5P/c9-6-8(10,14(11,12)13)7-4-2-1-3-5-7/h1-5,9-10H,6H2,(H2,11,12,13). The average molecular weight is 218 g/mol. The van der Waals surface area contributed by atoms with Crippen LogP contribution in [-0.2, 0) is 9.91 Å². The number of rotatable bonds is 3. The van der Waals surface area contributed by atoms with Crippen LogP contribution in [0.1, 0.15) is 5.56 Å². The van der Waals surface area contributed by atoms with E-state index in [9.17, 15) is 9.67 Å². The van der Waals surface area contributed by atoms with Crippen LogP contribution in [0.5, 0.6) is 0 Å². The molecule has 0 bridgehead atoms. The van der Waals surface area contributed by atoms with Crippen LogP contribution in [-0.4, -0.2) is 26.6 Å². The van der Waals surface area contributed by atoms with Crippen molar-refractivity contribution in [3.8, 4) is 0 Å². The van der Waals surface area contributed by atoms with Gasteiger partial charge in [-0.25, -0.2) is 0 Å². The summed E-state index contributed by atoms with van der Waals surface area (Å²) in [5.74, 6) is 0. The molecule has 4 N–H and O–H groups in total. The molecule has 0 saturated carbocycles. The van der Waals surface area contributed by atoms with E-state index >= 15 is 0 Å². The fourth-order valence-corrected chi connectivity index (χ4v) is 1.73. The van der Waals surface area contributed by atoms with E-state index in [4.69, 9.17) is 14.9 Å². The lowest BCUT2D eigenvalue weighted by atomic mass is 10.1. The largest absolute Gasteiger partial charge is 0.392 e. The fraction of sp³-hybridized carbons (Fsp3) is 0.250. The lowest BCUT2D eigenvalue weighted by Crippen LogP contribution is -2.29. The molecule has 0 spiro atoms. The third-order valence-corrected chi connectivity index (χ3v) is 3.30. The molecule has 0 radical (unpaired) electrons. The molecule has 0 heterocycles. The first-order chi connectivity index (χ1) is 6.42. The van der Waals surface area contributed by atoms with Crippen molar-refractivity contribution in [2.24, 2.45) is 0 Å². The number of hydrogen-bond donors (Lipinski definition) is 4. The third-order valence-electron chi connectivity index (χ3n) is 1.94. The molecule has 0 amide bonds. The maximum atomic E-state index is 11.0. The van der Waals surface area contributed by atoms with Crippen molar-refractivity contribution < 1.29 is 24.6 Å². The summed E-state index contributed by atoms with van der Waals surface area (Å²) >= 11 is 0. The van der Waals surface area contributed by atoms with Crippen molar-refractivity contribution in [1.82, 2.24) is 0 Å². The van der Waals surface area contributed by atoms with Crippen LogP contribution in [0.3, 0.4) is 0 Å². The SMILES string of the molecule is O=P(O)(O)C(O)(CO)c1ccccc1. The van der Waals surface area contributed by atoms with E-state index in [1.165, 1.54) is 24.3 Å². The Bertz CT molecular complexity index is 346. The van der Waals surface area contributed by atoms with E-state index < -0.39 is 19.5 Å². The summed E-state index contributed by atoms with van der Waals surface area (Å²) < 4.78 is 11.0. The highest BCUT2D eigenvalue weighted by Crippen LogP contribution is 2.54. The molecule has 0 aliphatic heterocycles. The minimum Gasteiger partial charge on any atom is -0.392 e. The normalized spacial score (nSPS) is 16.3. The Balaban J connectivity index is 3.23. The second-order valence-electron chi connectivity index (χ2n) is 2.88. The number of hydrogen-bond acceptors (Lipinski definition) is 3. The number of aliphatic hydroxyl groups is 2. The first-order valence-electron chi connectivity index (χ1n) is 3.86. The molecule has 0 aromatic heterocycles.